The van der Waals surface area contributed by atoms with Crippen molar-refractivity contribution in [3.8, 4) is 5.69 Å². The van der Waals surface area contributed by atoms with E-state index in [0.717, 1.165) is 35.5 Å². The van der Waals surface area contributed by atoms with Crippen LogP contribution in [0.15, 0.2) is 35.2 Å². The molecule has 2 heterocycles. The topological polar surface area (TPSA) is 51.5 Å². The van der Waals surface area contributed by atoms with E-state index in [2.05, 4.69) is 11.5 Å². The molecular formula is C22H24N2O3S2. The first-order valence-corrected chi connectivity index (χ1v) is 10.7. The largest absolute Gasteiger partial charge is 0.462 e. The Kier molecular flexibility index (Phi) is 6.59. The van der Waals surface area contributed by atoms with Crippen molar-refractivity contribution >= 4 is 46.3 Å². The van der Waals surface area contributed by atoms with Crippen LogP contribution in [0.2, 0.25) is 0 Å². The summed E-state index contributed by atoms with van der Waals surface area (Å²) in [7, 11) is 1.69. The van der Waals surface area contributed by atoms with Crippen LogP contribution in [0.25, 0.3) is 11.8 Å². The molecule has 0 N–H and O–H groups in total. The van der Waals surface area contributed by atoms with E-state index >= 15 is 0 Å². The van der Waals surface area contributed by atoms with Crippen LogP contribution in [0.4, 0.5) is 0 Å². The van der Waals surface area contributed by atoms with E-state index in [-0.39, 0.29) is 11.9 Å². The quantitative estimate of drug-likeness (QED) is 0.284. The van der Waals surface area contributed by atoms with E-state index in [1.54, 1.807) is 19.2 Å². The summed E-state index contributed by atoms with van der Waals surface area (Å²) in [6.45, 7) is 6.53. The van der Waals surface area contributed by atoms with E-state index in [0.29, 0.717) is 21.4 Å². The Labute approximate surface area is 180 Å². The number of nitrogens with zero attached hydrogens (tertiary/aromatic N) is 2. The maximum absolute atomic E-state index is 12.3. The van der Waals surface area contributed by atoms with Crippen LogP contribution >= 0.6 is 24.0 Å². The van der Waals surface area contributed by atoms with Crippen LogP contribution in [0.5, 0.6) is 0 Å². The van der Waals surface area contributed by atoms with Gasteiger partial charge in [0.05, 0.1) is 17.1 Å². The van der Waals surface area contributed by atoms with Crippen LogP contribution in [0, 0.1) is 13.8 Å². The highest BCUT2D eigenvalue weighted by Crippen LogP contribution is 2.33. The Morgan fingerprint density at radius 2 is 1.93 bits per heavy atom. The Balaban J connectivity index is 1.84. The molecule has 2 aromatic rings. The van der Waals surface area contributed by atoms with Gasteiger partial charge in [0, 0.05) is 24.1 Å². The van der Waals surface area contributed by atoms with Gasteiger partial charge in [-0.05, 0) is 62.2 Å². The van der Waals surface area contributed by atoms with E-state index in [9.17, 15) is 9.59 Å². The van der Waals surface area contributed by atoms with Gasteiger partial charge in [-0.2, -0.15) is 0 Å². The zero-order valence-electron chi connectivity index (χ0n) is 17.0. The second-order valence-electron chi connectivity index (χ2n) is 6.94. The molecule has 1 aromatic carbocycles. The van der Waals surface area contributed by atoms with E-state index < -0.39 is 0 Å². The Hall–Kier alpha value is -2.38. The number of carbonyl (C=O) groups is 2. The van der Waals surface area contributed by atoms with Gasteiger partial charge in [0.15, 0.2) is 0 Å². The second kappa shape index (κ2) is 8.97. The van der Waals surface area contributed by atoms with Crippen LogP contribution in [-0.2, 0) is 9.53 Å². The van der Waals surface area contributed by atoms with Crippen molar-refractivity contribution in [2.24, 2.45) is 0 Å². The lowest BCUT2D eigenvalue weighted by atomic mass is 10.2. The van der Waals surface area contributed by atoms with Gasteiger partial charge in [0.25, 0.3) is 5.91 Å². The number of thiocarbonyl (C=S) groups is 1. The lowest BCUT2D eigenvalue weighted by molar-refractivity contribution is -0.121. The van der Waals surface area contributed by atoms with E-state index in [4.69, 9.17) is 17.0 Å². The Morgan fingerprint density at radius 1 is 1.24 bits per heavy atom. The standard InChI is InChI=1S/C22H24N2O3S2/c1-5-6-11-27-21(26)16-7-9-18(10-8-16)24-14(2)12-17(15(24)3)13-19-20(25)23(4)22(28)29-19/h7-10,12-13H,5-6,11H2,1-4H3/b19-13-. The van der Waals surface area contributed by atoms with Gasteiger partial charge in [-0.3, -0.25) is 9.69 Å². The number of benzene rings is 1. The summed E-state index contributed by atoms with van der Waals surface area (Å²) in [5.74, 6) is -0.371. The van der Waals surface area contributed by atoms with Gasteiger partial charge in [-0.15, -0.1) is 0 Å². The molecule has 0 radical (unpaired) electrons. The third-order valence-electron chi connectivity index (χ3n) is 4.84. The van der Waals surface area contributed by atoms with Crippen LogP contribution in [0.1, 0.15) is 47.1 Å². The molecule has 0 saturated carbocycles. The summed E-state index contributed by atoms with van der Waals surface area (Å²) in [5.41, 5.74) is 4.52. The first-order chi connectivity index (χ1) is 13.8. The Morgan fingerprint density at radius 3 is 2.52 bits per heavy atom. The summed E-state index contributed by atoms with van der Waals surface area (Å²) < 4.78 is 7.93. The van der Waals surface area contributed by atoms with Crippen molar-refractivity contribution in [1.82, 2.24) is 9.47 Å². The molecule has 152 valence electrons. The van der Waals surface area contributed by atoms with E-state index in [1.807, 2.05) is 38.1 Å². The normalized spacial score (nSPS) is 15.4. The van der Waals surface area contributed by atoms with Crippen molar-refractivity contribution in [3.05, 3.63) is 57.8 Å². The zero-order valence-corrected chi connectivity index (χ0v) is 18.7. The van der Waals surface area contributed by atoms with Gasteiger partial charge in [0.2, 0.25) is 0 Å². The number of rotatable bonds is 6. The van der Waals surface area contributed by atoms with Crippen molar-refractivity contribution in [2.75, 3.05) is 13.7 Å². The lowest BCUT2D eigenvalue weighted by Crippen LogP contribution is -2.22. The third-order valence-corrected chi connectivity index (χ3v) is 6.32. The molecule has 0 aliphatic carbocycles. The summed E-state index contributed by atoms with van der Waals surface area (Å²) in [5, 5.41) is 0. The number of ether oxygens (including phenoxy) is 1. The molecule has 1 saturated heterocycles. The fourth-order valence-corrected chi connectivity index (χ4v) is 4.33. The van der Waals surface area contributed by atoms with Gasteiger partial charge in [-0.25, -0.2) is 4.79 Å². The SMILES string of the molecule is CCCCOC(=O)c1ccc(-n2c(C)cc(/C=C3\SC(=S)N(C)C3=O)c2C)cc1. The summed E-state index contributed by atoms with van der Waals surface area (Å²) in [4.78, 5) is 26.5. The van der Waals surface area contributed by atoms with Gasteiger partial charge in [0.1, 0.15) is 4.32 Å². The predicted octanol–water partition coefficient (Wildman–Crippen LogP) is 4.88. The molecule has 1 aliphatic rings. The number of likely N-dealkylation sites (N-methyl/N-ethyl adjacent to an activating group) is 1. The summed E-state index contributed by atoms with van der Waals surface area (Å²) >= 11 is 6.52. The van der Waals surface area contributed by atoms with Gasteiger partial charge >= 0.3 is 5.97 Å². The number of carbonyl (C=O) groups excluding carboxylic acids is 2. The average molecular weight is 429 g/mol. The van der Waals surface area contributed by atoms with E-state index in [1.165, 1.54) is 16.7 Å². The monoisotopic (exact) mass is 428 g/mol. The molecule has 0 bridgehead atoms. The highest BCUT2D eigenvalue weighted by atomic mass is 32.2. The molecule has 3 rings (SSSR count). The molecule has 1 fully saturated rings. The van der Waals surface area contributed by atoms with Crippen molar-refractivity contribution in [3.63, 3.8) is 0 Å². The molecule has 7 heteroatoms. The molecule has 29 heavy (non-hydrogen) atoms. The number of aryl methyl sites for hydroxylation is 1. The summed E-state index contributed by atoms with van der Waals surface area (Å²) in [6, 6.07) is 9.43. The minimum atomic E-state index is -0.298. The zero-order chi connectivity index (χ0) is 21.1. The molecule has 0 atom stereocenters. The minimum absolute atomic E-state index is 0.0734. The highest BCUT2D eigenvalue weighted by Gasteiger charge is 2.29. The van der Waals surface area contributed by atoms with Crippen LogP contribution in [-0.4, -0.2) is 39.3 Å². The molecule has 1 amide bonds. The van der Waals surface area contributed by atoms with Crippen molar-refractivity contribution < 1.29 is 14.3 Å². The number of unbranched alkanes of at least 4 members (excludes halogenated alkanes) is 1. The average Bonchev–Trinajstić information content (AvgIpc) is 3.12. The first kappa shape index (κ1) is 21.3. The molecule has 0 unspecified atom stereocenters. The van der Waals surface area contributed by atoms with Gasteiger partial charge in [-0.1, -0.05) is 37.3 Å². The maximum atomic E-state index is 12.3. The number of esters is 1. The highest BCUT2D eigenvalue weighted by molar-refractivity contribution is 8.26. The number of hydrogen-bond donors (Lipinski definition) is 0. The minimum Gasteiger partial charge on any atom is -0.462 e. The number of thioether (sulfide) groups is 1. The predicted molar refractivity (Wildman–Crippen MR) is 121 cm³/mol. The van der Waals surface area contributed by atoms with Crippen molar-refractivity contribution in [2.45, 2.75) is 33.6 Å². The molecule has 0 spiro atoms. The third kappa shape index (κ3) is 4.46. The van der Waals surface area contributed by atoms with Crippen LogP contribution < -0.4 is 0 Å². The first-order valence-electron chi connectivity index (χ1n) is 9.51. The Bertz CT molecular complexity index is 990. The molecule has 5 nitrogen and oxygen atoms in total. The van der Waals surface area contributed by atoms with Crippen LogP contribution in [0.3, 0.4) is 0 Å². The number of aromatic nitrogens is 1. The van der Waals surface area contributed by atoms with Gasteiger partial charge < -0.3 is 9.30 Å². The molecule has 1 aromatic heterocycles. The fraction of sp³-hybridized carbons (Fsp3) is 0.318. The second-order valence-corrected chi connectivity index (χ2v) is 8.61. The lowest BCUT2D eigenvalue weighted by Gasteiger charge is -2.11. The maximum Gasteiger partial charge on any atom is 0.338 e. The van der Waals surface area contributed by atoms with Crippen molar-refractivity contribution in [1.29, 1.82) is 0 Å². The fourth-order valence-electron chi connectivity index (χ4n) is 3.16. The number of amides is 1. The summed E-state index contributed by atoms with van der Waals surface area (Å²) in [6.07, 6.45) is 3.75. The smallest absolute Gasteiger partial charge is 0.338 e. The number of hydrogen-bond acceptors (Lipinski definition) is 5. The molecule has 1 aliphatic heterocycles. The molecular weight excluding hydrogens is 404 g/mol.